The lowest BCUT2D eigenvalue weighted by Crippen LogP contribution is -1.99. The SMILES string of the molecule is CC.CCCc1c(/C(C)=C(\C)c2ccccc2C)c2ccccc2c2ccccc12.Cc1ccc(-c2ccccc2)cc1.Cc1ccccc1. The van der Waals surface area contributed by atoms with Crippen molar-refractivity contribution < 1.29 is 0 Å². The Bertz CT molecular complexity index is 2100. The maximum atomic E-state index is 2.30. The molecule has 0 unspecified atom stereocenters. The van der Waals surface area contributed by atoms with Gasteiger partial charge in [0.05, 0.1) is 0 Å². The molecule has 0 nitrogen and oxygen atoms in total. The molecule has 0 aliphatic heterocycles. The molecule has 254 valence electrons. The summed E-state index contributed by atoms with van der Waals surface area (Å²) < 4.78 is 0. The molecule has 0 bridgehead atoms. The van der Waals surface area contributed by atoms with Gasteiger partial charge in [-0.15, -0.1) is 0 Å². The topological polar surface area (TPSA) is 0 Å². The van der Waals surface area contributed by atoms with Crippen molar-refractivity contribution in [1.82, 2.24) is 0 Å². The Balaban J connectivity index is 0.000000209. The maximum absolute atomic E-state index is 2.30. The van der Waals surface area contributed by atoms with Crippen molar-refractivity contribution >= 4 is 32.7 Å². The normalized spacial score (nSPS) is 10.9. The molecule has 0 aliphatic carbocycles. The predicted octanol–water partition coefficient (Wildman–Crippen LogP) is 14.9. The second-order valence-corrected chi connectivity index (χ2v) is 12.6. The molecule has 7 aromatic carbocycles. The second kappa shape index (κ2) is 19.1. The van der Waals surface area contributed by atoms with Crippen LogP contribution >= 0.6 is 0 Å². The predicted molar refractivity (Wildman–Crippen MR) is 224 cm³/mol. The van der Waals surface area contributed by atoms with Gasteiger partial charge in [0.1, 0.15) is 0 Å². The average molecular weight is 655 g/mol. The van der Waals surface area contributed by atoms with E-state index in [0.717, 1.165) is 12.8 Å². The Morgan fingerprint density at radius 1 is 0.420 bits per heavy atom. The van der Waals surface area contributed by atoms with Crippen LogP contribution in [0.5, 0.6) is 0 Å². The molecule has 0 spiro atoms. The summed E-state index contributed by atoms with van der Waals surface area (Å²) in [6, 6.07) is 55.8. The molecule has 0 amide bonds. The molecule has 0 atom stereocenters. The van der Waals surface area contributed by atoms with Gasteiger partial charge in [0.25, 0.3) is 0 Å². The van der Waals surface area contributed by atoms with E-state index in [9.17, 15) is 0 Å². The fourth-order valence-corrected chi connectivity index (χ4v) is 6.45. The lowest BCUT2D eigenvalue weighted by atomic mass is 9.84. The average Bonchev–Trinajstić information content (AvgIpc) is 3.17. The number of benzene rings is 7. The van der Waals surface area contributed by atoms with Gasteiger partial charge in [-0.1, -0.05) is 196 Å². The largest absolute Gasteiger partial charge is 0.0683 e. The highest BCUT2D eigenvalue weighted by Gasteiger charge is 2.17. The summed E-state index contributed by atoms with van der Waals surface area (Å²) in [5.74, 6) is 0. The maximum Gasteiger partial charge on any atom is -0.00991 e. The summed E-state index contributed by atoms with van der Waals surface area (Å²) in [4.78, 5) is 0. The van der Waals surface area contributed by atoms with Gasteiger partial charge in [0, 0.05) is 0 Å². The van der Waals surface area contributed by atoms with Crippen LogP contribution in [0, 0.1) is 20.8 Å². The van der Waals surface area contributed by atoms with E-state index >= 15 is 0 Å². The first-order valence-electron chi connectivity index (χ1n) is 18.2. The third kappa shape index (κ3) is 9.48. The van der Waals surface area contributed by atoms with Crippen LogP contribution in [-0.2, 0) is 6.42 Å². The number of hydrogen-bond acceptors (Lipinski definition) is 0. The molecule has 0 N–H and O–H groups in total. The first-order valence-corrected chi connectivity index (χ1v) is 18.2. The molecule has 0 saturated heterocycles. The molecular weight excluding hydrogens is 601 g/mol. The fraction of sp³-hybridized carbons (Fsp3) is 0.200. The molecule has 0 heteroatoms. The van der Waals surface area contributed by atoms with Gasteiger partial charge in [-0.2, -0.15) is 0 Å². The first-order chi connectivity index (χ1) is 24.4. The van der Waals surface area contributed by atoms with Crippen LogP contribution in [0.3, 0.4) is 0 Å². The summed E-state index contributed by atoms with van der Waals surface area (Å²) in [5, 5.41) is 5.49. The summed E-state index contributed by atoms with van der Waals surface area (Å²) in [7, 11) is 0. The van der Waals surface area contributed by atoms with E-state index in [2.05, 4.69) is 175 Å². The minimum atomic E-state index is 1.10. The number of aryl methyl sites for hydroxylation is 4. The highest BCUT2D eigenvalue weighted by Crippen LogP contribution is 2.40. The van der Waals surface area contributed by atoms with Crippen molar-refractivity contribution in [3.63, 3.8) is 0 Å². The molecule has 50 heavy (non-hydrogen) atoms. The zero-order valence-electron chi connectivity index (χ0n) is 31.4. The highest BCUT2D eigenvalue weighted by atomic mass is 14.2. The standard InChI is InChI=1S/C28H28.C13H12.C7H8.C2H6/c1-5-12-26-24-16-9-8-15-23(24)25-17-10-11-18-27(25)28(26)21(4)20(3)22-14-7-6-13-19(22)2;1-11-7-9-13(10-8-11)12-5-3-2-4-6-12;1-7-5-3-2-4-6-7;1-2/h6-11,13-18H,5,12H2,1-4H3;2-10H,1H3;2-6H,1H3;1-2H3/b21-20+;;;. The van der Waals surface area contributed by atoms with Gasteiger partial charge in [0.15, 0.2) is 0 Å². The van der Waals surface area contributed by atoms with Crippen molar-refractivity contribution in [2.75, 3.05) is 0 Å². The first kappa shape index (κ1) is 37.6. The van der Waals surface area contributed by atoms with Crippen molar-refractivity contribution in [1.29, 1.82) is 0 Å². The van der Waals surface area contributed by atoms with E-state index in [1.165, 1.54) is 77.2 Å². The van der Waals surface area contributed by atoms with Gasteiger partial charge >= 0.3 is 0 Å². The van der Waals surface area contributed by atoms with E-state index in [1.54, 1.807) is 0 Å². The lowest BCUT2D eigenvalue weighted by Gasteiger charge is -2.20. The van der Waals surface area contributed by atoms with Gasteiger partial charge in [-0.05, 0) is 107 Å². The smallest absolute Gasteiger partial charge is 0.00991 e. The van der Waals surface area contributed by atoms with E-state index < -0.39 is 0 Å². The van der Waals surface area contributed by atoms with Gasteiger partial charge in [0.2, 0.25) is 0 Å². The van der Waals surface area contributed by atoms with E-state index in [4.69, 9.17) is 0 Å². The Labute approximate surface area is 302 Å². The van der Waals surface area contributed by atoms with E-state index in [0.29, 0.717) is 0 Å². The number of fused-ring (bicyclic) bond motifs is 3. The monoisotopic (exact) mass is 654 g/mol. The highest BCUT2D eigenvalue weighted by molar-refractivity contribution is 6.15. The van der Waals surface area contributed by atoms with Crippen molar-refractivity contribution in [3.05, 3.63) is 191 Å². The minimum Gasteiger partial charge on any atom is -0.0683 e. The molecular formula is C50H54. The summed E-state index contributed by atoms with van der Waals surface area (Å²) >= 11 is 0. The Hall–Kier alpha value is -5.20. The lowest BCUT2D eigenvalue weighted by molar-refractivity contribution is 0.928. The second-order valence-electron chi connectivity index (χ2n) is 12.6. The summed E-state index contributed by atoms with van der Waals surface area (Å²) in [5.41, 5.74) is 13.5. The number of allylic oxidation sites excluding steroid dienone is 2. The third-order valence-corrected chi connectivity index (χ3v) is 9.13. The molecule has 0 fully saturated rings. The molecule has 0 heterocycles. The minimum absolute atomic E-state index is 1.10. The van der Waals surface area contributed by atoms with Crippen LogP contribution in [0.15, 0.2) is 158 Å². The molecule has 0 aliphatic rings. The third-order valence-electron chi connectivity index (χ3n) is 9.13. The number of hydrogen-bond donors (Lipinski definition) is 0. The zero-order chi connectivity index (χ0) is 35.9. The van der Waals surface area contributed by atoms with Crippen LogP contribution in [0.25, 0.3) is 43.8 Å². The molecule has 7 aromatic rings. The van der Waals surface area contributed by atoms with Gasteiger partial charge < -0.3 is 0 Å². The van der Waals surface area contributed by atoms with Gasteiger partial charge in [-0.25, -0.2) is 0 Å². The zero-order valence-corrected chi connectivity index (χ0v) is 31.4. The van der Waals surface area contributed by atoms with Crippen LogP contribution in [-0.4, -0.2) is 0 Å². The van der Waals surface area contributed by atoms with Crippen LogP contribution in [0.1, 0.15) is 74.4 Å². The molecule has 7 rings (SSSR count). The van der Waals surface area contributed by atoms with Crippen molar-refractivity contribution in [2.24, 2.45) is 0 Å². The van der Waals surface area contributed by atoms with Gasteiger partial charge in [-0.3, -0.25) is 0 Å². The Morgan fingerprint density at radius 2 is 0.860 bits per heavy atom. The van der Waals surface area contributed by atoms with Crippen LogP contribution in [0.2, 0.25) is 0 Å². The molecule has 0 saturated carbocycles. The Morgan fingerprint density at radius 3 is 1.40 bits per heavy atom. The van der Waals surface area contributed by atoms with E-state index in [-0.39, 0.29) is 0 Å². The molecule has 0 radical (unpaired) electrons. The van der Waals surface area contributed by atoms with E-state index in [1.807, 2.05) is 38.1 Å². The van der Waals surface area contributed by atoms with Crippen molar-refractivity contribution in [3.8, 4) is 11.1 Å². The quantitative estimate of drug-likeness (QED) is 0.128. The fourth-order valence-electron chi connectivity index (χ4n) is 6.45. The Kier molecular flexibility index (Phi) is 14.4. The summed E-state index contributed by atoms with van der Waals surface area (Å²) in [6.45, 7) is 17.3. The van der Waals surface area contributed by atoms with Crippen LogP contribution < -0.4 is 0 Å². The summed E-state index contributed by atoms with van der Waals surface area (Å²) in [6.07, 6.45) is 2.24. The van der Waals surface area contributed by atoms with Crippen LogP contribution in [0.4, 0.5) is 0 Å². The molecule has 0 aromatic heterocycles. The van der Waals surface area contributed by atoms with Crippen molar-refractivity contribution in [2.45, 2.75) is 68.2 Å². The number of rotatable bonds is 5.